The van der Waals surface area contributed by atoms with Crippen molar-refractivity contribution in [3.8, 4) is 0 Å². The molecule has 0 radical (unpaired) electrons. The third kappa shape index (κ3) is 3.15. The molecule has 0 spiro atoms. The van der Waals surface area contributed by atoms with Crippen molar-refractivity contribution < 1.29 is 9.47 Å². The van der Waals surface area contributed by atoms with Gasteiger partial charge in [-0.15, -0.1) is 0 Å². The van der Waals surface area contributed by atoms with E-state index < -0.39 is 0 Å². The van der Waals surface area contributed by atoms with E-state index in [1.54, 1.807) is 13.4 Å². The summed E-state index contributed by atoms with van der Waals surface area (Å²) in [6, 6.07) is 0. The number of imidazole rings is 1. The molecule has 1 rings (SSSR count). The fourth-order valence-electron chi connectivity index (χ4n) is 0.747. The second-order valence-corrected chi connectivity index (χ2v) is 2.13. The van der Waals surface area contributed by atoms with Crippen LogP contribution in [0.25, 0.3) is 0 Å². The van der Waals surface area contributed by atoms with Gasteiger partial charge in [0.2, 0.25) is 0 Å². The molecule has 0 amide bonds. The summed E-state index contributed by atoms with van der Waals surface area (Å²) < 4.78 is 9.79. The van der Waals surface area contributed by atoms with E-state index in [1.807, 2.05) is 6.20 Å². The quantitative estimate of drug-likeness (QED) is 0.501. The third-order valence-electron chi connectivity index (χ3n) is 1.26. The first-order valence-electron chi connectivity index (χ1n) is 3.48. The number of nitrogens with zero attached hydrogens (tertiary/aromatic N) is 1. The second kappa shape index (κ2) is 4.87. The summed E-state index contributed by atoms with van der Waals surface area (Å²) in [6.07, 6.45) is 4.34. The van der Waals surface area contributed by atoms with E-state index in [-0.39, 0.29) is 0 Å². The number of methoxy groups -OCH3 is 1. The van der Waals surface area contributed by atoms with Gasteiger partial charge in [-0.05, 0) is 0 Å². The lowest BCUT2D eigenvalue weighted by Crippen LogP contribution is -2.01. The van der Waals surface area contributed by atoms with Gasteiger partial charge in [0.05, 0.1) is 18.6 Å². The van der Waals surface area contributed by atoms with Crippen molar-refractivity contribution in [3.63, 3.8) is 0 Å². The topological polar surface area (TPSA) is 47.1 Å². The smallest absolute Gasteiger partial charge is 0.146 e. The van der Waals surface area contributed by atoms with E-state index in [9.17, 15) is 0 Å². The van der Waals surface area contributed by atoms with E-state index in [0.717, 1.165) is 12.1 Å². The van der Waals surface area contributed by atoms with Crippen LogP contribution in [0.2, 0.25) is 0 Å². The van der Waals surface area contributed by atoms with E-state index in [1.165, 1.54) is 0 Å². The minimum absolute atomic E-state index is 0.352. The molecule has 0 aliphatic carbocycles. The second-order valence-electron chi connectivity index (χ2n) is 2.13. The van der Waals surface area contributed by atoms with Crippen LogP contribution in [-0.2, 0) is 15.9 Å². The van der Waals surface area contributed by atoms with Gasteiger partial charge in [0.15, 0.2) is 0 Å². The molecular weight excluding hydrogens is 144 g/mol. The van der Waals surface area contributed by atoms with Crippen LogP contribution in [0, 0.1) is 0 Å². The van der Waals surface area contributed by atoms with Crippen LogP contribution in [0.4, 0.5) is 0 Å². The number of ether oxygens (including phenoxy) is 2. The van der Waals surface area contributed by atoms with Gasteiger partial charge >= 0.3 is 0 Å². The SMILES string of the molecule is COCOCCc1c[nH]cn1. The van der Waals surface area contributed by atoms with Gasteiger partial charge < -0.3 is 14.5 Å². The molecule has 1 aromatic rings. The molecule has 0 unspecified atom stereocenters. The molecule has 0 aromatic carbocycles. The summed E-state index contributed by atoms with van der Waals surface area (Å²) in [7, 11) is 1.61. The average molecular weight is 156 g/mol. The number of aromatic nitrogens is 2. The molecule has 0 fully saturated rings. The Balaban J connectivity index is 2.04. The summed E-state index contributed by atoms with van der Waals surface area (Å²) in [6.45, 7) is 1.00. The molecule has 62 valence electrons. The van der Waals surface area contributed by atoms with Gasteiger partial charge in [0.1, 0.15) is 6.79 Å². The zero-order valence-electron chi connectivity index (χ0n) is 6.54. The zero-order chi connectivity index (χ0) is 7.94. The molecule has 1 N–H and O–H groups in total. The minimum atomic E-state index is 0.352. The number of hydrogen-bond acceptors (Lipinski definition) is 3. The van der Waals surface area contributed by atoms with Crippen molar-refractivity contribution in [1.82, 2.24) is 9.97 Å². The highest BCUT2D eigenvalue weighted by Gasteiger charge is 1.92. The highest BCUT2D eigenvalue weighted by molar-refractivity contribution is 4.93. The van der Waals surface area contributed by atoms with Gasteiger partial charge in [0, 0.05) is 19.7 Å². The van der Waals surface area contributed by atoms with Crippen LogP contribution in [0.1, 0.15) is 5.69 Å². The first kappa shape index (κ1) is 8.23. The number of hydrogen-bond donors (Lipinski definition) is 1. The first-order valence-corrected chi connectivity index (χ1v) is 3.48. The number of rotatable bonds is 5. The predicted octanol–water partition coefficient (Wildman–Crippen LogP) is 0.573. The lowest BCUT2D eigenvalue weighted by Gasteiger charge is -1.99. The molecule has 11 heavy (non-hydrogen) atoms. The fraction of sp³-hybridized carbons (Fsp3) is 0.571. The van der Waals surface area contributed by atoms with Crippen LogP contribution in [0.15, 0.2) is 12.5 Å². The Hall–Kier alpha value is -0.870. The van der Waals surface area contributed by atoms with Crippen molar-refractivity contribution >= 4 is 0 Å². The van der Waals surface area contributed by atoms with E-state index in [0.29, 0.717) is 13.4 Å². The maximum atomic E-state index is 5.08. The molecule has 0 saturated heterocycles. The van der Waals surface area contributed by atoms with Crippen LogP contribution < -0.4 is 0 Å². The Morgan fingerprint density at radius 3 is 3.18 bits per heavy atom. The molecule has 0 saturated carbocycles. The zero-order valence-corrected chi connectivity index (χ0v) is 6.54. The van der Waals surface area contributed by atoms with Crippen LogP contribution >= 0.6 is 0 Å². The van der Waals surface area contributed by atoms with Crippen molar-refractivity contribution in [1.29, 1.82) is 0 Å². The highest BCUT2D eigenvalue weighted by atomic mass is 16.7. The first-order chi connectivity index (χ1) is 5.43. The summed E-state index contributed by atoms with van der Waals surface area (Å²) in [4.78, 5) is 6.91. The predicted molar refractivity (Wildman–Crippen MR) is 40.1 cm³/mol. The third-order valence-corrected chi connectivity index (χ3v) is 1.26. The largest absolute Gasteiger partial charge is 0.359 e. The monoisotopic (exact) mass is 156 g/mol. The van der Waals surface area contributed by atoms with Crippen LogP contribution in [0.5, 0.6) is 0 Å². The van der Waals surface area contributed by atoms with E-state index >= 15 is 0 Å². The van der Waals surface area contributed by atoms with Crippen molar-refractivity contribution in [3.05, 3.63) is 18.2 Å². The molecular formula is C7H12N2O2. The van der Waals surface area contributed by atoms with Gasteiger partial charge in [-0.25, -0.2) is 4.98 Å². The standard InChI is InChI=1S/C7H12N2O2/c1-10-6-11-3-2-7-4-8-5-9-7/h4-5H,2-3,6H2,1H3,(H,8,9). The molecule has 1 aromatic heterocycles. The van der Waals surface area contributed by atoms with Crippen molar-refractivity contribution in [2.75, 3.05) is 20.5 Å². The Morgan fingerprint density at radius 2 is 2.55 bits per heavy atom. The maximum Gasteiger partial charge on any atom is 0.146 e. The lowest BCUT2D eigenvalue weighted by molar-refractivity contribution is -0.0293. The summed E-state index contributed by atoms with van der Waals surface area (Å²) in [5.74, 6) is 0. The summed E-state index contributed by atoms with van der Waals surface area (Å²) in [5, 5.41) is 0. The summed E-state index contributed by atoms with van der Waals surface area (Å²) in [5.41, 5.74) is 1.01. The Kier molecular flexibility index (Phi) is 3.64. The average Bonchev–Trinajstić information content (AvgIpc) is 2.50. The van der Waals surface area contributed by atoms with Gasteiger partial charge in [-0.3, -0.25) is 0 Å². The minimum Gasteiger partial charge on any atom is -0.359 e. The highest BCUT2D eigenvalue weighted by Crippen LogP contribution is 1.92. The maximum absolute atomic E-state index is 5.08. The van der Waals surface area contributed by atoms with Crippen LogP contribution in [0.3, 0.4) is 0 Å². The Morgan fingerprint density at radius 1 is 1.64 bits per heavy atom. The Labute approximate surface area is 65.5 Å². The van der Waals surface area contributed by atoms with Gasteiger partial charge in [-0.2, -0.15) is 0 Å². The molecule has 4 nitrogen and oxygen atoms in total. The molecule has 1 heterocycles. The molecule has 0 aliphatic heterocycles. The number of H-pyrrole nitrogens is 1. The van der Waals surface area contributed by atoms with E-state index in [4.69, 9.17) is 9.47 Å². The van der Waals surface area contributed by atoms with Crippen molar-refractivity contribution in [2.45, 2.75) is 6.42 Å². The molecule has 0 bridgehead atoms. The molecule has 0 atom stereocenters. The van der Waals surface area contributed by atoms with Crippen molar-refractivity contribution in [2.24, 2.45) is 0 Å². The molecule has 4 heteroatoms. The Bertz CT molecular complexity index is 175. The van der Waals surface area contributed by atoms with Gasteiger partial charge in [0.25, 0.3) is 0 Å². The fourth-order valence-corrected chi connectivity index (χ4v) is 0.747. The lowest BCUT2D eigenvalue weighted by atomic mass is 10.4. The van der Waals surface area contributed by atoms with Crippen LogP contribution in [-0.4, -0.2) is 30.5 Å². The number of aromatic amines is 1. The number of nitrogens with one attached hydrogen (secondary N) is 1. The summed E-state index contributed by atoms with van der Waals surface area (Å²) >= 11 is 0. The van der Waals surface area contributed by atoms with E-state index in [2.05, 4.69) is 9.97 Å². The normalized spacial score (nSPS) is 10.3. The molecule has 0 aliphatic rings. The van der Waals surface area contributed by atoms with Gasteiger partial charge in [-0.1, -0.05) is 0 Å².